The molecule has 150 valence electrons. The highest BCUT2D eigenvalue weighted by Crippen LogP contribution is 2.35. The predicted molar refractivity (Wildman–Crippen MR) is 104 cm³/mol. The minimum atomic E-state index is 0.328. The zero-order valence-corrected chi connectivity index (χ0v) is 16.4. The fourth-order valence-electron chi connectivity index (χ4n) is 4.34. The summed E-state index contributed by atoms with van der Waals surface area (Å²) in [4.78, 5) is 4.96. The number of piperazine rings is 1. The molecule has 1 saturated carbocycles. The molecule has 2 aromatic rings. The highest BCUT2D eigenvalue weighted by atomic mass is 16.7. The topological polar surface area (TPSA) is 81.7 Å². The summed E-state index contributed by atoms with van der Waals surface area (Å²) in [6, 6.07) is 6.58. The van der Waals surface area contributed by atoms with E-state index in [0.717, 1.165) is 75.3 Å². The Bertz CT molecular complexity index is 839. The van der Waals surface area contributed by atoms with Gasteiger partial charge in [0.05, 0.1) is 6.54 Å². The van der Waals surface area contributed by atoms with Crippen molar-refractivity contribution in [1.29, 1.82) is 0 Å². The van der Waals surface area contributed by atoms with Gasteiger partial charge in [-0.15, -0.1) is 10.2 Å². The number of nitrogens with two attached hydrogens (primary N) is 1. The molecule has 1 saturated heterocycles. The molecule has 1 aromatic heterocycles. The van der Waals surface area contributed by atoms with Crippen LogP contribution in [0.15, 0.2) is 18.2 Å². The lowest BCUT2D eigenvalue weighted by Crippen LogP contribution is -2.45. The van der Waals surface area contributed by atoms with Crippen molar-refractivity contribution in [2.45, 2.75) is 37.9 Å². The molecule has 2 N–H and O–H groups in total. The second-order valence-corrected chi connectivity index (χ2v) is 8.20. The molecule has 0 bridgehead atoms. The van der Waals surface area contributed by atoms with E-state index in [4.69, 9.17) is 15.2 Å². The Labute approximate surface area is 165 Å². The van der Waals surface area contributed by atoms with E-state index in [1.165, 1.54) is 5.56 Å². The maximum atomic E-state index is 5.92. The van der Waals surface area contributed by atoms with Crippen molar-refractivity contribution in [1.82, 2.24) is 24.6 Å². The first-order chi connectivity index (χ1) is 13.7. The Kier molecular flexibility index (Phi) is 4.70. The van der Waals surface area contributed by atoms with Gasteiger partial charge in [0.2, 0.25) is 6.79 Å². The first-order valence-electron chi connectivity index (χ1n) is 10.1. The standard InChI is InChI=1S/C20H28N6O2/c1-24-19(22-23-20(24)15-9-16(21)10-15)12-26-6-4-25(5-7-26)11-14-2-3-17-18(8-14)28-13-27-17/h2-3,8,15-16H,4-7,9-13,21H2,1H3. The fraction of sp³-hybridized carbons (Fsp3) is 0.600. The van der Waals surface area contributed by atoms with E-state index in [9.17, 15) is 0 Å². The lowest BCUT2D eigenvalue weighted by Gasteiger charge is -2.34. The molecule has 8 nitrogen and oxygen atoms in total. The van der Waals surface area contributed by atoms with Crippen LogP contribution < -0.4 is 15.2 Å². The molecule has 3 aliphatic rings. The number of hydrogen-bond acceptors (Lipinski definition) is 7. The average Bonchev–Trinajstić information content (AvgIpc) is 3.28. The fourth-order valence-corrected chi connectivity index (χ4v) is 4.34. The molecule has 1 aromatic carbocycles. The van der Waals surface area contributed by atoms with Crippen LogP contribution in [0.2, 0.25) is 0 Å². The van der Waals surface area contributed by atoms with Crippen LogP contribution in [0.25, 0.3) is 0 Å². The molecule has 0 unspecified atom stereocenters. The first kappa shape index (κ1) is 17.9. The van der Waals surface area contributed by atoms with E-state index in [0.29, 0.717) is 18.8 Å². The highest BCUT2D eigenvalue weighted by molar-refractivity contribution is 5.44. The quantitative estimate of drug-likeness (QED) is 0.826. The second-order valence-electron chi connectivity index (χ2n) is 8.20. The van der Waals surface area contributed by atoms with Crippen LogP contribution >= 0.6 is 0 Å². The van der Waals surface area contributed by atoms with Gasteiger partial charge in [0, 0.05) is 51.7 Å². The number of aromatic nitrogens is 3. The number of benzene rings is 1. The van der Waals surface area contributed by atoms with Crippen molar-refractivity contribution >= 4 is 0 Å². The smallest absolute Gasteiger partial charge is 0.231 e. The van der Waals surface area contributed by atoms with Gasteiger partial charge in [-0.3, -0.25) is 9.80 Å². The number of ether oxygens (including phenoxy) is 2. The Morgan fingerprint density at radius 3 is 2.46 bits per heavy atom. The van der Waals surface area contributed by atoms with Gasteiger partial charge in [-0.1, -0.05) is 6.07 Å². The van der Waals surface area contributed by atoms with Crippen LogP contribution in [0.1, 0.15) is 36.0 Å². The summed E-state index contributed by atoms with van der Waals surface area (Å²) in [6.07, 6.45) is 2.06. The van der Waals surface area contributed by atoms with Crippen LogP contribution in [0.4, 0.5) is 0 Å². The lowest BCUT2D eigenvalue weighted by atomic mass is 9.80. The van der Waals surface area contributed by atoms with Crippen molar-refractivity contribution in [2.75, 3.05) is 33.0 Å². The van der Waals surface area contributed by atoms with Crippen molar-refractivity contribution in [2.24, 2.45) is 12.8 Å². The first-order valence-corrected chi connectivity index (χ1v) is 10.1. The number of hydrogen-bond donors (Lipinski definition) is 1. The van der Waals surface area contributed by atoms with Gasteiger partial charge in [0.15, 0.2) is 11.5 Å². The maximum Gasteiger partial charge on any atom is 0.231 e. The van der Waals surface area contributed by atoms with Crippen LogP contribution in [-0.4, -0.2) is 63.6 Å². The van der Waals surface area contributed by atoms with Crippen molar-refractivity contribution in [3.8, 4) is 11.5 Å². The molecule has 0 spiro atoms. The zero-order valence-electron chi connectivity index (χ0n) is 16.4. The molecule has 28 heavy (non-hydrogen) atoms. The normalized spacial score (nSPS) is 25.1. The Balaban J connectivity index is 1.13. The Morgan fingerprint density at radius 2 is 1.71 bits per heavy atom. The van der Waals surface area contributed by atoms with Crippen LogP contribution in [0, 0.1) is 0 Å². The molecular formula is C20H28N6O2. The molecule has 2 fully saturated rings. The third-order valence-corrected chi connectivity index (χ3v) is 6.21. The number of rotatable bonds is 5. The van der Waals surface area contributed by atoms with E-state index in [1.54, 1.807) is 0 Å². The molecule has 5 rings (SSSR count). The van der Waals surface area contributed by atoms with Gasteiger partial charge in [-0.25, -0.2) is 0 Å². The molecule has 0 radical (unpaired) electrons. The zero-order chi connectivity index (χ0) is 19.1. The van der Waals surface area contributed by atoms with Gasteiger partial charge in [0.1, 0.15) is 11.6 Å². The van der Waals surface area contributed by atoms with Gasteiger partial charge in [-0.2, -0.15) is 0 Å². The summed E-state index contributed by atoms with van der Waals surface area (Å²) in [5, 5.41) is 8.88. The van der Waals surface area contributed by atoms with E-state index in [2.05, 4.69) is 43.7 Å². The van der Waals surface area contributed by atoms with Gasteiger partial charge >= 0.3 is 0 Å². The van der Waals surface area contributed by atoms with Crippen LogP contribution in [0.3, 0.4) is 0 Å². The van der Waals surface area contributed by atoms with E-state index < -0.39 is 0 Å². The number of nitrogens with zero attached hydrogens (tertiary/aromatic N) is 5. The van der Waals surface area contributed by atoms with E-state index in [-0.39, 0.29) is 0 Å². The van der Waals surface area contributed by atoms with E-state index >= 15 is 0 Å². The minimum Gasteiger partial charge on any atom is -0.454 e. The largest absolute Gasteiger partial charge is 0.454 e. The van der Waals surface area contributed by atoms with Gasteiger partial charge in [0.25, 0.3) is 0 Å². The molecular weight excluding hydrogens is 356 g/mol. The third-order valence-electron chi connectivity index (χ3n) is 6.21. The Hall–Kier alpha value is -2.16. The van der Waals surface area contributed by atoms with Gasteiger partial charge in [-0.05, 0) is 30.5 Å². The molecule has 3 heterocycles. The van der Waals surface area contributed by atoms with Gasteiger partial charge < -0.3 is 19.8 Å². The van der Waals surface area contributed by atoms with Crippen LogP contribution in [0.5, 0.6) is 11.5 Å². The summed E-state index contributed by atoms with van der Waals surface area (Å²) in [7, 11) is 2.09. The monoisotopic (exact) mass is 384 g/mol. The summed E-state index contributed by atoms with van der Waals surface area (Å²) < 4.78 is 13.1. The second kappa shape index (κ2) is 7.35. The molecule has 2 aliphatic heterocycles. The molecule has 0 atom stereocenters. The number of fused-ring (bicyclic) bond motifs is 1. The maximum absolute atomic E-state index is 5.92. The minimum absolute atomic E-state index is 0.328. The summed E-state index contributed by atoms with van der Waals surface area (Å²) in [6.45, 7) is 6.32. The SMILES string of the molecule is Cn1c(CN2CCN(Cc3ccc4c(c3)OCO4)CC2)nnc1C1CC(N)C1. The summed E-state index contributed by atoms with van der Waals surface area (Å²) >= 11 is 0. The van der Waals surface area contributed by atoms with Crippen molar-refractivity contribution in [3.05, 3.63) is 35.4 Å². The summed E-state index contributed by atoms with van der Waals surface area (Å²) in [5.41, 5.74) is 7.20. The molecule has 1 aliphatic carbocycles. The van der Waals surface area contributed by atoms with Crippen molar-refractivity contribution < 1.29 is 9.47 Å². The van der Waals surface area contributed by atoms with Crippen LogP contribution in [-0.2, 0) is 20.1 Å². The summed E-state index contributed by atoms with van der Waals surface area (Å²) in [5.74, 6) is 4.35. The highest BCUT2D eigenvalue weighted by Gasteiger charge is 2.31. The van der Waals surface area contributed by atoms with E-state index in [1.807, 2.05) is 6.07 Å². The lowest BCUT2D eigenvalue weighted by molar-refractivity contribution is 0.119. The van der Waals surface area contributed by atoms with Crippen molar-refractivity contribution in [3.63, 3.8) is 0 Å². The third kappa shape index (κ3) is 3.47. The Morgan fingerprint density at radius 1 is 1.00 bits per heavy atom. The average molecular weight is 384 g/mol. The molecule has 8 heteroatoms. The predicted octanol–water partition coefficient (Wildman–Crippen LogP) is 1.07. The molecule has 0 amide bonds.